The fourth-order valence-electron chi connectivity index (χ4n) is 1.59. The molecule has 3 nitrogen and oxygen atoms in total. The van der Waals surface area contributed by atoms with Crippen LogP contribution in [0.25, 0.3) is 11.3 Å². The molecule has 0 saturated heterocycles. The lowest BCUT2D eigenvalue weighted by atomic mass is 10.1. The van der Waals surface area contributed by atoms with Gasteiger partial charge in [-0.2, -0.15) is 0 Å². The molecule has 0 N–H and O–H groups in total. The van der Waals surface area contributed by atoms with Crippen LogP contribution in [0.15, 0.2) is 36.5 Å². The minimum absolute atomic E-state index is 0.0751. The van der Waals surface area contributed by atoms with Crippen LogP contribution in [0.4, 0.5) is 0 Å². The van der Waals surface area contributed by atoms with Gasteiger partial charge in [0.25, 0.3) is 0 Å². The normalized spacial score (nSPS) is 10.2. The molecular weight excluding hydrogens is 212 g/mol. The van der Waals surface area contributed by atoms with Gasteiger partial charge in [0.05, 0.1) is 12.1 Å². The van der Waals surface area contributed by atoms with Gasteiger partial charge in [0.15, 0.2) is 0 Å². The van der Waals surface area contributed by atoms with Crippen LogP contribution >= 0.6 is 0 Å². The van der Waals surface area contributed by atoms with Crippen molar-refractivity contribution in [1.29, 1.82) is 0 Å². The lowest BCUT2D eigenvalue weighted by molar-refractivity contribution is -0.116. The second kappa shape index (κ2) is 4.87. The summed E-state index contributed by atoms with van der Waals surface area (Å²) in [5.41, 5.74) is 3.12. The van der Waals surface area contributed by atoms with Crippen LogP contribution in [-0.4, -0.2) is 15.8 Å². The van der Waals surface area contributed by atoms with Gasteiger partial charge in [-0.25, -0.2) is 9.97 Å². The first-order valence-electron chi connectivity index (χ1n) is 5.53. The van der Waals surface area contributed by atoms with E-state index in [-0.39, 0.29) is 5.78 Å². The molecule has 0 bridgehead atoms. The van der Waals surface area contributed by atoms with Crippen molar-refractivity contribution in [3.63, 3.8) is 0 Å². The van der Waals surface area contributed by atoms with Gasteiger partial charge in [-0.15, -0.1) is 0 Å². The van der Waals surface area contributed by atoms with Gasteiger partial charge >= 0.3 is 0 Å². The Hall–Kier alpha value is -2.03. The average molecular weight is 226 g/mol. The standard InChI is InChI=1S/C14H14N2O/c1-10-3-5-12(6-4-10)13-7-8-15-14(16-13)9-11(2)17/h3-8H,9H2,1-2H3. The molecule has 0 fully saturated rings. The summed E-state index contributed by atoms with van der Waals surface area (Å²) in [5.74, 6) is 0.654. The topological polar surface area (TPSA) is 42.9 Å². The van der Waals surface area contributed by atoms with E-state index in [2.05, 4.69) is 9.97 Å². The van der Waals surface area contributed by atoms with Crippen LogP contribution in [0.2, 0.25) is 0 Å². The number of aryl methyl sites for hydroxylation is 1. The molecule has 1 aromatic carbocycles. The highest BCUT2D eigenvalue weighted by Gasteiger charge is 2.04. The Bertz CT molecular complexity index is 532. The van der Waals surface area contributed by atoms with Gasteiger partial charge in [0, 0.05) is 11.8 Å². The van der Waals surface area contributed by atoms with E-state index < -0.39 is 0 Å². The summed E-state index contributed by atoms with van der Waals surface area (Å²) in [6, 6.07) is 9.99. The number of carbonyl (C=O) groups excluding carboxylic acids is 1. The van der Waals surface area contributed by atoms with Crippen LogP contribution in [0.5, 0.6) is 0 Å². The number of Topliss-reactive ketones (excluding diaryl/α,β-unsaturated/α-hetero) is 1. The Morgan fingerprint density at radius 2 is 1.88 bits per heavy atom. The van der Waals surface area contributed by atoms with Gasteiger partial charge in [-0.05, 0) is 19.9 Å². The Morgan fingerprint density at radius 3 is 2.53 bits per heavy atom. The zero-order chi connectivity index (χ0) is 12.3. The maximum atomic E-state index is 11.0. The van der Waals surface area contributed by atoms with E-state index >= 15 is 0 Å². The maximum absolute atomic E-state index is 11.0. The average Bonchev–Trinajstić information content (AvgIpc) is 2.29. The molecule has 0 aliphatic heterocycles. The molecule has 1 heterocycles. The summed E-state index contributed by atoms with van der Waals surface area (Å²) in [6.07, 6.45) is 1.99. The van der Waals surface area contributed by atoms with Crippen molar-refractivity contribution in [1.82, 2.24) is 9.97 Å². The molecule has 3 heteroatoms. The first kappa shape index (κ1) is 11.5. The monoisotopic (exact) mass is 226 g/mol. The third-order valence-corrected chi connectivity index (χ3v) is 2.46. The third kappa shape index (κ3) is 2.97. The van der Waals surface area contributed by atoms with Crippen molar-refractivity contribution in [2.24, 2.45) is 0 Å². The molecule has 2 rings (SSSR count). The van der Waals surface area contributed by atoms with Gasteiger partial charge < -0.3 is 0 Å². The molecule has 17 heavy (non-hydrogen) atoms. The van der Waals surface area contributed by atoms with Crippen LogP contribution < -0.4 is 0 Å². The number of aromatic nitrogens is 2. The molecule has 0 atom stereocenters. The predicted octanol–water partition coefficient (Wildman–Crippen LogP) is 2.58. The highest BCUT2D eigenvalue weighted by atomic mass is 16.1. The molecule has 0 radical (unpaired) electrons. The molecule has 0 spiro atoms. The van der Waals surface area contributed by atoms with E-state index in [1.165, 1.54) is 5.56 Å². The number of nitrogens with zero attached hydrogens (tertiary/aromatic N) is 2. The summed E-state index contributed by atoms with van der Waals surface area (Å²) in [7, 11) is 0. The van der Waals surface area contributed by atoms with Crippen molar-refractivity contribution in [3.8, 4) is 11.3 Å². The fourth-order valence-corrected chi connectivity index (χ4v) is 1.59. The van der Waals surface area contributed by atoms with Gasteiger partial charge in [0.1, 0.15) is 11.6 Å². The van der Waals surface area contributed by atoms with E-state index in [0.717, 1.165) is 11.3 Å². The fraction of sp³-hybridized carbons (Fsp3) is 0.214. The van der Waals surface area contributed by atoms with E-state index in [1.54, 1.807) is 13.1 Å². The summed E-state index contributed by atoms with van der Waals surface area (Å²) >= 11 is 0. The molecule has 0 amide bonds. The number of ketones is 1. The number of rotatable bonds is 3. The Morgan fingerprint density at radius 1 is 1.18 bits per heavy atom. The predicted molar refractivity (Wildman–Crippen MR) is 66.6 cm³/mol. The lowest BCUT2D eigenvalue weighted by Gasteiger charge is -2.03. The van der Waals surface area contributed by atoms with Crippen LogP contribution in [0, 0.1) is 6.92 Å². The molecule has 0 saturated carbocycles. The highest BCUT2D eigenvalue weighted by molar-refractivity contribution is 5.77. The second-order valence-corrected chi connectivity index (χ2v) is 4.10. The van der Waals surface area contributed by atoms with Crippen molar-refractivity contribution in [2.45, 2.75) is 20.3 Å². The van der Waals surface area contributed by atoms with E-state index in [9.17, 15) is 4.79 Å². The molecular formula is C14H14N2O. The smallest absolute Gasteiger partial charge is 0.137 e. The Labute approximate surface area is 101 Å². The molecule has 86 valence electrons. The van der Waals surface area contributed by atoms with Crippen molar-refractivity contribution >= 4 is 5.78 Å². The highest BCUT2D eigenvalue weighted by Crippen LogP contribution is 2.16. The maximum Gasteiger partial charge on any atom is 0.137 e. The Kier molecular flexibility index (Phi) is 3.28. The lowest BCUT2D eigenvalue weighted by Crippen LogP contribution is -2.02. The zero-order valence-electron chi connectivity index (χ0n) is 9.97. The molecule has 0 unspecified atom stereocenters. The van der Waals surface area contributed by atoms with E-state index in [4.69, 9.17) is 0 Å². The summed E-state index contributed by atoms with van der Waals surface area (Å²) < 4.78 is 0. The third-order valence-electron chi connectivity index (χ3n) is 2.46. The minimum Gasteiger partial charge on any atom is -0.300 e. The van der Waals surface area contributed by atoms with Gasteiger partial charge in [-0.3, -0.25) is 4.79 Å². The molecule has 2 aromatic rings. The number of hydrogen-bond donors (Lipinski definition) is 0. The van der Waals surface area contributed by atoms with Crippen LogP contribution in [-0.2, 0) is 11.2 Å². The number of hydrogen-bond acceptors (Lipinski definition) is 3. The summed E-state index contributed by atoms with van der Waals surface area (Å²) in [4.78, 5) is 19.5. The SMILES string of the molecule is CC(=O)Cc1nccc(-c2ccc(C)cc2)n1. The Balaban J connectivity index is 2.32. The molecule has 0 aliphatic rings. The van der Waals surface area contributed by atoms with E-state index in [0.29, 0.717) is 12.2 Å². The van der Waals surface area contributed by atoms with Gasteiger partial charge in [0.2, 0.25) is 0 Å². The van der Waals surface area contributed by atoms with Crippen molar-refractivity contribution in [2.75, 3.05) is 0 Å². The van der Waals surface area contributed by atoms with Crippen molar-refractivity contribution < 1.29 is 4.79 Å². The minimum atomic E-state index is 0.0751. The summed E-state index contributed by atoms with van der Waals surface area (Å²) in [6.45, 7) is 3.59. The largest absolute Gasteiger partial charge is 0.300 e. The number of benzene rings is 1. The van der Waals surface area contributed by atoms with E-state index in [1.807, 2.05) is 37.3 Å². The quantitative estimate of drug-likeness (QED) is 0.807. The molecule has 0 aliphatic carbocycles. The second-order valence-electron chi connectivity index (χ2n) is 4.10. The number of carbonyl (C=O) groups is 1. The summed E-state index contributed by atoms with van der Waals surface area (Å²) in [5, 5.41) is 0. The molecule has 1 aromatic heterocycles. The first-order chi connectivity index (χ1) is 8.15. The zero-order valence-corrected chi connectivity index (χ0v) is 9.97. The van der Waals surface area contributed by atoms with Crippen LogP contribution in [0.3, 0.4) is 0 Å². The van der Waals surface area contributed by atoms with Crippen molar-refractivity contribution in [3.05, 3.63) is 47.9 Å². The van der Waals surface area contributed by atoms with Gasteiger partial charge in [-0.1, -0.05) is 29.8 Å². The first-order valence-corrected chi connectivity index (χ1v) is 5.53. The van der Waals surface area contributed by atoms with Crippen LogP contribution in [0.1, 0.15) is 18.3 Å².